The molecule has 2 aliphatic carbocycles. The Morgan fingerprint density at radius 3 is 2.32 bits per heavy atom. The summed E-state index contributed by atoms with van der Waals surface area (Å²) in [5.74, 6) is -0.479. The summed E-state index contributed by atoms with van der Waals surface area (Å²) in [5, 5.41) is 20.6. The second kappa shape index (κ2) is 6.62. The third-order valence-corrected chi connectivity index (χ3v) is 7.97. The van der Waals surface area contributed by atoms with Gasteiger partial charge in [-0.15, -0.1) is 11.3 Å². The largest absolute Gasteiger partial charge is 0.386 e. The van der Waals surface area contributed by atoms with Gasteiger partial charge in [0.2, 0.25) is 0 Å². The number of carbonyl (C=O) groups excluding carboxylic acids is 1. The fourth-order valence-corrected chi connectivity index (χ4v) is 6.32. The smallest absolute Gasteiger partial charge is 0.258 e. The van der Waals surface area contributed by atoms with Gasteiger partial charge in [0, 0.05) is 17.0 Å². The zero-order chi connectivity index (χ0) is 20.3. The van der Waals surface area contributed by atoms with E-state index in [-0.39, 0.29) is 9.77 Å². The molecule has 2 aliphatic rings. The molecular weight excluding hydrogens is 396 g/mol. The molecule has 28 heavy (non-hydrogen) atoms. The van der Waals surface area contributed by atoms with E-state index in [9.17, 15) is 14.1 Å². The first kappa shape index (κ1) is 19.5. The maximum Gasteiger partial charge on any atom is 0.258 e. The van der Waals surface area contributed by atoms with Crippen molar-refractivity contribution in [3.05, 3.63) is 39.0 Å². The summed E-state index contributed by atoms with van der Waals surface area (Å²) >= 11 is 0.979. The van der Waals surface area contributed by atoms with Crippen LogP contribution in [0.4, 0.5) is 5.69 Å². The predicted octanol–water partition coefficient (Wildman–Crippen LogP) is 2.88. The summed E-state index contributed by atoms with van der Waals surface area (Å²) in [5.41, 5.74) is 4.12. The summed E-state index contributed by atoms with van der Waals surface area (Å²) in [6, 6.07) is 0. The van der Waals surface area contributed by atoms with E-state index < -0.39 is 21.4 Å². The lowest BCUT2D eigenvalue weighted by Gasteiger charge is -2.20. The molecule has 0 saturated heterocycles. The summed E-state index contributed by atoms with van der Waals surface area (Å²) in [7, 11) is -3.60. The number of amides is 1. The van der Waals surface area contributed by atoms with Gasteiger partial charge in [0.05, 0.1) is 16.9 Å². The fourth-order valence-electron chi connectivity index (χ4n) is 4.14. The van der Waals surface area contributed by atoms with E-state index in [1.54, 1.807) is 19.2 Å². The third kappa shape index (κ3) is 3.26. The minimum atomic E-state index is -3.60. The molecule has 7 nitrogen and oxygen atoms in total. The molecule has 0 bridgehead atoms. The van der Waals surface area contributed by atoms with Gasteiger partial charge in [-0.05, 0) is 68.9 Å². The molecule has 2 aromatic rings. The number of aryl methyl sites for hydroxylation is 2. The van der Waals surface area contributed by atoms with Crippen LogP contribution in [-0.2, 0) is 41.2 Å². The maximum atomic E-state index is 13.3. The van der Waals surface area contributed by atoms with Gasteiger partial charge in [-0.3, -0.25) is 9.78 Å². The molecule has 5 N–H and O–H groups in total. The molecule has 0 spiro atoms. The van der Waals surface area contributed by atoms with E-state index in [1.807, 2.05) is 0 Å². The lowest BCUT2D eigenvalue weighted by molar-refractivity contribution is 0.0761. The normalized spacial score (nSPS) is 17.9. The van der Waals surface area contributed by atoms with Crippen molar-refractivity contribution in [2.24, 2.45) is 5.14 Å². The van der Waals surface area contributed by atoms with Gasteiger partial charge in [-0.1, -0.05) is 0 Å². The number of hydrogen-bond acceptors (Lipinski definition) is 6. The number of anilines is 1. The highest BCUT2D eigenvalue weighted by Crippen LogP contribution is 2.39. The zero-order valence-electron chi connectivity index (χ0n) is 15.9. The standard InChI is InChI=1S/C19H24N4O3S2/c1-19(2,25)12-9-27-18(28(20,21)26)15(12)17(24)23-16-10-5-3-7-13(10)22-14-8-4-6-11(14)16/h9,25H,3-8H2,1-2H3,(H3,20,21,26)(H,22,23,24). The maximum absolute atomic E-state index is 13.3. The highest BCUT2D eigenvalue weighted by atomic mass is 32.2. The number of aliphatic hydroxyl groups is 1. The molecule has 0 aromatic carbocycles. The van der Waals surface area contributed by atoms with Crippen molar-refractivity contribution in [2.75, 3.05) is 5.32 Å². The van der Waals surface area contributed by atoms with Crippen molar-refractivity contribution in [1.82, 2.24) is 4.98 Å². The van der Waals surface area contributed by atoms with Gasteiger partial charge >= 0.3 is 0 Å². The van der Waals surface area contributed by atoms with Crippen LogP contribution in [0.3, 0.4) is 0 Å². The summed E-state index contributed by atoms with van der Waals surface area (Å²) in [4.78, 5) is 18.1. The number of pyridine rings is 1. The van der Waals surface area contributed by atoms with E-state index >= 15 is 0 Å². The minimum Gasteiger partial charge on any atom is -0.386 e. The Kier molecular flexibility index (Phi) is 4.61. The molecule has 4 rings (SSSR count). The van der Waals surface area contributed by atoms with Gasteiger partial charge in [-0.2, -0.15) is 0 Å². The number of aromatic nitrogens is 1. The van der Waals surface area contributed by atoms with Crippen molar-refractivity contribution >= 4 is 32.8 Å². The van der Waals surface area contributed by atoms with Crippen LogP contribution in [0.1, 0.15) is 65.1 Å². The summed E-state index contributed by atoms with van der Waals surface area (Å²) in [6.45, 7) is 3.11. The lowest BCUT2D eigenvalue weighted by atomic mass is 9.96. The quantitative estimate of drug-likeness (QED) is 0.606. The molecule has 0 fully saturated rings. The monoisotopic (exact) mass is 420 g/mol. The molecule has 0 aliphatic heterocycles. The number of thiophene rings is 1. The van der Waals surface area contributed by atoms with E-state index in [2.05, 4.69) is 5.32 Å². The highest BCUT2D eigenvalue weighted by Gasteiger charge is 2.33. The molecule has 1 atom stereocenters. The van der Waals surface area contributed by atoms with Crippen LogP contribution in [0.15, 0.2) is 9.59 Å². The van der Waals surface area contributed by atoms with E-state index in [1.165, 1.54) is 0 Å². The number of fused-ring (bicyclic) bond motifs is 2. The topological polar surface area (TPSA) is 129 Å². The Balaban J connectivity index is 1.82. The molecule has 150 valence electrons. The molecule has 0 saturated carbocycles. The first-order valence-corrected chi connectivity index (χ1v) is 11.8. The molecule has 1 amide bonds. The minimum absolute atomic E-state index is 0.00975. The van der Waals surface area contributed by atoms with E-state index in [0.717, 1.165) is 78.1 Å². The third-order valence-electron chi connectivity index (χ3n) is 5.41. The Morgan fingerprint density at radius 1 is 1.25 bits per heavy atom. The Hall–Kier alpha value is -1.81. The first-order chi connectivity index (χ1) is 13.1. The second-order valence-electron chi connectivity index (χ2n) is 7.97. The molecule has 2 heterocycles. The van der Waals surface area contributed by atoms with Crippen LogP contribution in [0.2, 0.25) is 0 Å². The van der Waals surface area contributed by atoms with E-state index in [4.69, 9.17) is 14.9 Å². The Morgan fingerprint density at radius 2 is 1.82 bits per heavy atom. The zero-order valence-corrected chi connectivity index (χ0v) is 17.6. The van der Waals surface area contributed by atoms with E-state index in [0.29, 0.717) is 5.56 Å². The van der Waals surface area contributed by atoms with Crippen molar-refractivity contribution < 1.29 is 14.1 Å². The molecule has 9 heteroatoms. The van der Waals surface area contributed by atoms with Crippen LogP contribution >= 0.6 is 11.3 Å². The second-order valence-corrected chi connectivity index (χ2v) is 10.7. The van der Waals surface area contributed by atoms with Crippen LogP contribution < -0.4 is 10.5 Å². The molecule has 2 aromatic heterocycles. The molecular formula is C19H24N4O3S2. The van der Waals surface area contributed by atoms with Crippen molar-refractivity contribution in [1.29, 1.82) is 4.78 Å². The number of rotatable bonds is 4. The molecule has 1 unspecified atom stereocenters. The number of hydrogen-bond donors (Lipinski definition) is 4. The number of nitrogens with two attached hydrogens (primary N) is 1. The van der Waals surface area contributed by atoms with Crippen LogP contribution in [0.25, 0.3) is 0 Å². The summed E-state index contributed by atoms with van der Waals surface area (Å²) < 4.78 is 20.0. The average molecular weight is 421 g/mol. The molecule has 0 radical (unpaired) electrons. The van der Waals surface area contributed by atoms with Crippen molar-refractivity contribution in [3.8, 4) is 0 Å². The van der Waals surface area contributed by atoms with Gasteiger partial charge < -0.3 is 10.4 Å². The van der Waals surface area contributed by atoms with Crippen molar-refractivity contribution in [3.63, 3.8) is 0 Å². The number of carbonyl (C=O) groups is 1. The lowest BCUT2D eigenvalue weighted by Crippen LogP contribution is -2.25. The number of nitrogens with one attached hydrogen (secondary N) is 2. The first-order valence-electron chi connectivity index (χ1n) is 9.33. The van der Waals surface area contributed by atoms with Crippen LogP contribution in [0, 0.1) is 4.78 Å². The highest BCUT2D eigenvalue weighted by molar-refractivity contribution is 7.92. The SMILES string of the molecule is CC(C)(O)c1csc(S(=N)(N)=O)c1C(=O)Nc1c2c(nc3c1CCC3)CCC2. The van der Waals surface area contributed by atoms with Crippen LogP contribution in [0.5, 0.6) is 0 Å². The predicted molar refractivity (Wildman–Crippen MR) is 109 cm³/mol. The number of nitrogens with zero attached hydrogens (tertiary/aromatic N) is 1. The van der Waals surface area contributed by atoms with Gasteiger partial charge in [-0.25, -0.2) is 14.1 Å². The van der Waals surface area contributed by atoms with Crippen LogP contribution in [-0.4, -0.2) is 20.2 Å². The van der Waals surface area contributed by atoms with Gasteiger partial charge in [0.25, 0.3) is 5.91 Å². The van der Waals surface area contributed by atoms with Gasteiger partial charge in [0.1, 0.15) is 14.1 Å². The van der Waals surface area contributed by atoms with Crippen molar-refractivity contribution in [2.45, 2.75) is 62.2 Å². The average Bonchev–Trinajstić information content (AvgIpc) is 3.31. The van der Waals surface area contributed by atoms with Gasteiger partial charge in [0.15, 0.2) is 0 Å². The Bertz CT molecular complexity index is 1050. The fraction of sp³-hybridized carbons (Fsp3) is 0.474. The Labute approximate surface area is 168 Å². The summed E-state index contributed by atoms with van der Waals surface area (Å²) in [6.07, 6.45) is 5.57.